The van der Waals surface area contributed by atoms with Crippen LogP contribution < -0.4 is 4.90 Å². The molecule has 2 bridgehead atoms. The van der Waals surface area contributed by atoms with Crippen LogP contribution in [0.5, 0.6) is 0 Å². The maximum Gasteiger partial charge on any atom is 0.0543 e. The largest absolute Gasteiger partial charge is 0.309 e. The molecule has 6 aromatic carbocycles. The van der Waals surface area contributed by atoms with E-state index in [1.54, 1.807) is 5.56 Å². The Hall–Kier alpha value is -5.14. The summed E-state index contributed by atoms with van der Waals surface area (Å²) in [5.74, 6) is 2.78. The molecular weight excluding hydrogens is 711 g/mol. The second-order valence-corrected chi connectivity index (χ2v) is 21.0. The van der Waals surface area contributed by atoms with Crippen LogP contribution in [0.4, 0.5) is 17.1 Å². The fraction of sp³-hybridized carbons (Fsp3) is 0.345. The lowest BCUT2D eigenvalue weighted by Gasteiger charge is -2.73. The van der Waals surface area contributed by atoms with Gasteiger partial charge in [-0.1, -0.05) is 169 Å². The molecule has 59 heavy (non-hydrogen) atoms. The quantitative estimate of drug-likeness (QED) is 0.156. The Balaban J connectivity index is 1.22. The summed E-state index contributed by atoms with van der Waals surface area (Å²) in [5, 5.41) is 2.87. The molecule has 1 nitrogen and oxygen atoms in total. The average Bonchev–Trinajstić information content (AvgIpc) is 3.74. The number of nitrogens with zero attached hydrogens (tertiary/aromatic N) is 1. The molecule has 0 aromatic heterocycles. The Morgan fingerprint density at radius 2 is 1.24 bits per heavy atom. The van der Waals surface area contributed by atoms with Crippen LogP contribution in [0.15, 0.2) is 146 Å². The fourth-order valence-corrected chi connectivity index (χ4v) is 13.2. The van der Waals surface area contributed by atoms with Crippen LogP contribution in [-0.2, 0) is 16.2 Å². The molecule has 5 aliphatic carbocycles. The number of hydrogen-bond donors (Lipinski definition) is 0. The van der Waals surface area contributed by atoms with Crippen molar-refractivity contribution in [2.45, 2.75) is 103 Å². The maximum atomic E-state index is 2.67. The van der Waals surface area contributed by atoms with Gasteiger partial charge in [-0.15, -0.1) is 0 Å². The summed E-state index contributed by atoms with van der Waals surface area (Å²) in [6.07, 6.45) is 16.2. The molecule has 0 aliphatic heterocycles. The standard InChI is InChI=1S/C58H59N/c1-55(2,3)42-27-29-46(39-17-9-7-10-18-39)52(33-42)59(53-34-43(56(4,5)6)28-30-47(53)40-19-11-8-12-20-40)51-26-14-13-23-48(51)49-24-15-21-41-22-16-25-50(54(41)49)57-35-38-31-44-32-45(37-57)58(44,57)36-38/h7-11,13-19,21-30,33-34,38,44-45H,12,20,31-32,35-37H2,1-6H3. The number of fused-ring (bicyclic) bond motifs is 2. The van der Waals surface area contributed by atoms with Gasteiger partial charge in [0.05, 0.1) is 17.1 Å². The number of benzene rings is 6. The molecule has 5 unspecified atom stereocenters. The van der Waals surface area contributed by atoms with Crippen LogP contribution in [0.3, 0.4) is 0 Å². The Kier molecular flexibility index (Phi) is 8.24. The predicted octanol–water partition coefficient (Wildman–Crippen LogP) is 16.0. The van der Waals surface area contributed by atoms with Crippen molar-refractivity contribution in [3.05, 3.63) is 168 Å². The highest BCUT2D eigenvalue weighted by molar-refractivity contribution is 6.05. The van der Waals surface area contributed by atoms with Crippen molar-refractivity contribution in [2.24, 2.45) is 23.2 Å². The second-order valence-electron chi connectivity index (χ2n) is 21.0. The van der Waals surface area contributed by atoms with Gasteiger partial charge >= 0.3 is 0 Å². The minimum atomic E-state index is -0.0358. The number of anilines is 3. The highest BCUT2D eigenvalue weighted by Crippen LogP contribution is 2.86. The van der Waals surface area contributed by atoms with E-state index in [-0.39, 0.29) is 10.8 Å². The van der Waals surface area contributed by atoms with Crippen molar-refractivity contribution in [3.8, 4) is 22.3 Å². The minimum Gasteiger partial charge on any atom is -0.309 e. The van der Waals surface area contributed by atoms with Crippen LogP contribution in [0, 0.1) is 23.2 Å². The van der Waals surface area contributed by atoms with Crippen LogP contribution in [0.1, 0.15) is 109 Å². The molecule has 4 fully saturated rings. The molecule has 5 aliphatic rings. The van der Waals surface area contributed by atoms with E-state index >= 15 is 0 Å². The first-order chi connectivity index (χ1) is 28.5. The molecule has 0 N–H and O–H groups in total. The van der Waals surface area contributed by atoms with Crippen molar-refractivity contribution in [2.75, 3.05) is 4.90 Å². The number of para-hydroxylation sites is 1. The molecule has 11 rings (SSSR count). The van der Waals surface area contributed by atoms with Crippen LogP contribution in [-0.4, -0.2) is 0 Å². The molecule has 1 heteroatoms. The molecule has 0 heterocycles. The second kappa shape index (κ2) is 13.2. The third-order valence-electron chi connectivity index (χ3n) is 15.9. The average molecular weight is 770 g/mol. The summed E-state index contributed by atoms with van der Waals surface area (Å²) in [6, 6.07) is 49.5. The van der Waals surface area contributed by atoms with E-state index in [0.29, 0.717) is 10.8 Å². The molecule has 296 valence electrons. The lowest BCUT2D eigenvalue weighted by molar-refractivity contribution is -0.198. The molecule has 1 spiro atoms. The van der Waals surface area contributed by atoms with Gasteiger partial charge < -0.3 is 4.90 Å². The van der Waals surface area contributed by atoms with Crippen LogP contribution >= 0.6 is 0 Å². The van der Waals surface area contributed by atoms with E-state index in [1.165, 1.54) is 104 Å². The first-order valence-electron chi connectivity index (χ1n) is 22.6. The van der Waals surface area contributed by atoms with Gasteiger partial charge in [-0.05, 0) is 141 Å². The van der Waals surface area contributed by atoms with Gasteiger partial charge in [0.2, 0.25) is 0 Å². The van der Waals surface area contributed by atoms with Gasteiger partial charge in [-0.2, -0.15) is 0 Å². The van der Waals surface area contributed by atoms with E-state index in [1.807, 2.05) is 0 Å². The van der Waals surface area contributed by atoms with Gasteiger partial charge in [-0.3, -0.25) is 0 Å². The number of rotatable bonds is 7. The Bertz CT molecular complexity index is 2690. The molecule has 0 amide bonds. The van der Waals surface area contributed by atoms with Crippen LogP contribution in [0.25, 0.3) is 38.6 Å². The topological polar surface area (TPSA) is 3.24 Å². The molecular formula is C58H59N. The van der Waals surface area contributed by atoms with E-state index < -0.39 is 0 Å². The summed E-state index contributed by atoms with van der Waals surface area (Å²) >= 11 is 0. The van der Waals surface area contributed by atoms with E-state index in [2.05, 4.69) is 192 Å². The monoisotopic (exact) mass is 769 g/mol. The highest BCUT2D eigenvalue weighted by Gasteiger charge is 2.80. The van der Waals surface area contributed by atoms with E-state index in [4.69, 9.17) is 0 Å². The van der Waals surface area contributed by atoms with Crippen molar-refractivity contribution < 1.29 is 0 Å². The minimum absolute atomic E-state index is 0.0290. The summed E-state index contributed by atoms with van der Waals surface area (Å²) in [4.78, 5) is 2.67. The van der Waals surface area contributed by atoms with Crippen molar-refractivity contribution in [3.63, 3.8) is 0 Å². The molecule has 6 aromatic rings. The van der Waals surface area contributed by atoms with Gasteiger partial charge in [0.1, 0.15) is 0 Å². The lowest BCUT2D eigenvalue weighted by Crippen LogP contribution is -2.68. The third-order valence-corrected chi connectivity index (χ3v) is 15.9. The maximum absolute atomic E-state index is 2.67. The lowest BCUT2D eigenvalue weighted by atomic mass is 9.30. The summed E-state index contributed by atoms with van der Waals surface area (Å²) < 4.78 is 0. The van der Waals surface area contributed by atoms with Crippen molar-refractivity contribution in [1.82, 2.24) is 0 Å². The number of hydrogen-bond acceptors (Lipinski definition) is 1. The zero-order valence-corrected chi connectivity index (χ0v) is 36.0. The Labute approximate surface area is 352 Å². The first-order valence-corrected chi connectivity index (χ1v) is 22.6. The zero-order valence-electron chi connectivity index (χ0n) is 36.0. The predicted molar refractivity (Wildman–Crippen MR) is 251 cm³/mol. The third kappa shape index (κ3) is 5.49. The van der Waals surface area contributed by atoms with E-state index in [9.17, 15) is 0 Å². The summed E-state index contributed by atoms with van der Waals surface area (Å²) in [5.41, 5.74) is 16.7. The SMILES string of the molecule is CC(C)(C)c1ccc(C2=CC=CCC2)c(N(c2cc(C(C)(C)C)ccc2-c2ccccc2)c2ccccc2-c2cccc3cccc(C45CC6CC7CC(C4)C75C6)c23)c1. The molecule has 5 atom stereocenters. The van der Waals surface area contributed by atoms with Gasteiger partial charge in [-0.25, -0.2) is 0 Å². The number of allylic oxidation sites excluding steroid dienone is 4. The van der Waals surface area contributed by atoms with Crippen molar-refractivity contribution >= 4 is 33.4 Å². The zero-order chi connectivity index (χ0) is 40.3. The Morgan fingerprint density at radius 1 is 0.559 bits per heavy atom. The van der Waals surface area contributed by atoms with Crippen LogP contribution in [0.2, 0.25) is 0 Å². The summed E-state index contributed by atoms with van der Waals surface area (Å²) in [7, 11) is 0. The molecule has 0 radical (unpaired) electrons. The Morgan fingerprint density at radius 3 is 1.93 bits per heavy atom. The normalized spacial score (nSPS) is 25.3. The molecule has 4 saturated carbocycles. The van der Waals surface area contributed by atoms with Gasteiger partial charge in [0.15, 0.2) is 0 Å². The summed E-state index contributed by atoms with van der Waals surface area (Å²) in [6.45, 7) is 14.1. The first kappa shape index (κ1) is 36.9. The van der Waals surface area contributed by atoms with Gasteiger partial charge in [0, 0.05) is 22.1 Å². The van der Waals surface area contributed by atoms with Crippen molar-refractivity contribution in [1.29, 1.82) is 0 Å². The highest BCUT2D eigenvalue weighted by atomic mass is 15.2. The van der Waals surface area contributed by atoms with E-state index in [0.717, 1.165) is 30.6 Å². The molecule has 0 saturated heterocycles. The van der Waals surface area contributed by atoms with Gasteiger partial charge in [0.25, 0.3) is 0 Å². The fourth-order valence-electron chi connectivity index (χ4n) is 13.2. The smallest absolute Gasteiger partial charge is 0.0543 e.